The van der Waals surface area contributed by atoms with E-state index >= 15 is 0 Å². The number of nitrogens with zero attached hydrogens (tertiary/aromatic N) is 2. The van der Waals surface area contributed by atoms with E-state index in [1.165, 1.54) is 6.07 Å². The minimum absolute atomic E-state index is 0.206. The number of hydrogen-bond donors (Lipinski definition) is 1. The predicted octanol–water partition coefficient (Wildman–Crippen LogP) is 1.13. The molecule has 0 aromatic heterocycles. The van der Waals surface area contributed by atoms with Crippen LogP contribution >= 0.6 is 0 Å². The number of piperazine rings is 1. The van der Waals surface area contributed by atoms with Crippen LogP contribution in [-0.2, 0) is 4.74 Å². The Kier molecular flexibility index (Phi) is 5.16. The van der Waals surface area contributed by atoms with Crippen molar-refractivity contribution in [1.29, 1.82) is 5.26 Å². The molecule has 20 heavy (non-hydrogen) atoms. The highest BCUT2D eigenvalue weighted by atomic mass is 19.1. The average molecular weight is 279 g/mol. The quantitative estimate of drug-likeness (QED) is 0.819. The van der Waals surface area contributed by atoms with E-state index in [0.29, 0.717) is 24.7 Å². The van der Waals surface area contributed by atoms with Gasteiger partial charge in [0, 0.05) is 39.4 Å². The first kappa shape index (κ1) is 14.6. The van der Waals surface area contributed by atoms with Crippen LogP contribution in [0.15, 0.2) is 12.1 Å². The molecular weight excluding hydrogens is 261 g/mol. The Morgan fingerprint density at radius 1 is 1.35 bits per heavy atom. The molecule has 0 atom stereocenters. The van der Waals surface area contributed by atoms with Gasteiger partial charge in [0.15, 0.2) is 0 Å². The van der Waals surface area contributed by atoms with Crippen molar-refractivity contribution in [3.05, 3.63) is 23.5 Å². The fraction of sp³-hybridized carbons (Fsp3) is 0.500. The number of hydrogen-bond acceptors (Lipinski definition) is 5. The molecule has 1 aliphatic rings. The fourth-order valence-electron chi connectivity index (χ4n) is 2.13. The number of ether oxygens (including phenoxy) is 2. The molecule has 0 unspecified atom stereocenters. The summed E-state index contributed by atoms with van der Waals surface area (Å²) in [6.45, 7) is 3.86. The summed E-state index contributed by atoms with van der Waals surface area (Å²) in [7, 11) is 1.57. The van der Waals surface area contributed by atoms with Crippen LogP contribution in [0.5, 0.6) is 5.75 Å². The first-order chi connectivity index (χ1) is 9.76. The summed E-state index contributed by atoms with van der Waals surface area (Å²) < 4.78 is 24.5. The van der Waals surface area contributed by atoms with E-state index in [4.69, 9.17) is 14.7 Å². The van der Waals surface area contributed by atoms with Gasteiger partial charge in [-0.05, 0) is 6.07 Å². The average Bonchev–Trinajstić information content (AvgIpc) is 2.49. The highest BCUT2D eigenvalue weighted by Gasteiger charge is 2.18. The van der Waals surface area contributed by atoms with Gasteiger partial charge >= 0.3 is 0 Å². The molecule has 1 aliphatic heterocycles. The van der Waals surface area contributed by atoms with Crippen LogP contribution in [0.1, 0.15) is 5.56 Å². The second-order valence-corrected chi connectivity index (χ2v) is 4.49. The molecule has 2 rings (SSSR count). The lowest BCUT2D eigenvalue weighted by Gasteiger charge is -2.30. The molecule has 1 saturated heterocycles. The molecule has 5 nitrogen and oxygen atoms in total. The van der Waals surface area contributed by atoms with Crippen LogP contribution in [0, 0.1) is 17.1 Å². The Morgan fingerprint density at radius 3 is 2.75 bits per heavy atom. The lowest BCUT2D eigenvalue weighted by Crippen LogP contribution is -2.43. The Balaban J connectivity index is 2.23. The number of methoxy groups -OCH3 is 1. The van der Waals surface area contributed by atoms with E-state index in [9.17, 15) is 4.39 Å². The highest BCUT2D eigenvalue weighted by molar-refractivity contribution is 5.58. The maximum atomic E-state index is 14.1. The van der Waals surface area contributed by atoms with E-state index in [-0.39, 0.29) is 11.4 Å². The topological polar surface area (TPSA) is 57.5 Å². The molecule has 1 aromatic rings. The molecule has 0 bridgehead atoms. The lowest BCUT2D eigenvalue weighted by atomic mass is 10.1. The number of halogens is 1. The van der Waals surface area contributed by atoms with E-state index in [2.05, 4.69) is 5.32 Å². The zero-order valence-corrected chi connectivity index (χ0v) is 11.5. The minimum Gasteiger partial charge on any atom is -0.490 e. The Hall–Kier alpha value is -1.84. The van der Waals surface area contributed by atoms with Gasteiger partial charge in [-0.2, -0.15) is 5.26 Å². The third-order valence-corrected chi connectivity index (χ3v) is 3.17. The molecule has 1 heterocycles. The molecular formula is C14H18FN3O2. The predicted molar refractivity (Wildman–Crippen MR) is 73.6 cm³/mol. The molecule has 0 aliphatic carbocycles. The first-order valence-electron chi connectivity index (χ1n) is 6.57. The van der Waals surface area contributed by atoms with Crippen LogP contribution in [0.25, 0.3) is 0 Å². The summed E-state index contributed by atoms with van der Waals surface area (Å²) in [4.78, 5) is 1.95. The van der Waals surface area contributed by atoms with Crippen LogP contribution in [0.4, 0.5) is 10.1 Å². The van der Waals surface area contributed by atoms with Crippen molar-refractivity contribution in [3.63, 3.8) is 0 Å². The summed E-state index contributed by atoms with van der Waals surface area (Å²) in [5.41, 5.74) is 0.690. The van der Waals surface area contributed by atoms with E-state index in [0.717, 1.165) is 26.2 Å². The number of nitrogens with one attached hydrogen (secondary N) is 1. The van der Waals surface area contributed by atoms with Crippen molar-refractivity contribution in [1.82, 2.24) is 5.32 Å². The summed E-state index contributed by atoms with van der Waals surface area (Å²) in [5.74, 6) is 0.0158. The normalized spacial score (nSPS) is 14.9. The molecule has 1 N–H and O–H groups in total. The molecule has 1 fully saturated rings. The van der Waals surface area contributed by atoms with Gasteiger partial charge in [0.2, 0.25) is 0 Å². The zero-order valence-electron chi connectivity index (χ0n) is 11.5. The van der Waals surface area contributed by atoms with Crippen molar-refractivity contribution >= 4 is 5.69 Å². The molecule has 0 radical (unpaired) electrons. The Bertz CT molecular complexity index is 496. The summed E-state index contributed by atoms with van der Waals surface area (Å²) in [6, 6.07) is 4.80. The number of benzene rings is 1. The van der Waals surface area contributed by atoms with Gasteiger partial charge in [-0.15, -0.1) is 0 Å². The summed E-state index contributed by atoms with van der Waals surface area (Å²) in [6.07, 6.45) is 0. The van der Waals surface area contributed by atoms with Crippen molar-refractivity contribution < 1.29 is 13.9 Å². The van der Waals surface area contributed by atoms with Gasteiger partial charge in [0.05, 0.1) is 17.9 Å². The summed E-state index contributed by atoms with van der Waals surface area (Å²) in [5, 5.41) is 12.3. The minimum atomic E-state index is -0.387. The van der Waals surface area contributed by atoms with E-state index < -0.39 is 0 Å². The third kappa shape index (κ3) is 3.38. The second-order valence-electron chi connectivity index (χ2n) is 4.49. The third-order valence-electron chi connectivity index (χ3n) is 3.17. The van der Waals surface area contributed by atoms with Crippen molar-refractivity contribution in [2.75, 3.05) is 51.4 Å². The highest BCUT2D eigenvalue weighted by Crippen LogP contribution is 2.29. The van der Waals surface area contributed by atoms with Gasteiger partial charge in [-0.1, -0.05) is 0 Å². The van der Waals surface area contributed by atoms with Gasteiger partial charge < -0.3 is 19.7 Å². The number of anilines is 1. The van der Waals surface area contributed by atoms with E-state index in [1.54, 1.807) is 13.2 Å². The molecule has 108 valence electrons. The first-order valence-corrected chi connectivity index (χ1v) is 6.57. The van der Waals surface area contributed by atoms with Crippen molar-refractivity contribution in [2.45, 2.75) is 0 Å². The molecule has 0 saturated carbocycles. The van der Waals surface area contributed by atoms with Crippen LogP contribution < -0.4 is 15.0 Å². The number of nitriles is 1. The SMILES string of the molecule is COCCOc1cc(N2CCNCC2)c(F)cc1C#N. The second kappa shape index (κ2) is 7.08. The smallest absolute Gasteiger partial charge is 0.148 e. The molecule has 6 heteroatoms. The molecule has 0 spiro atoms. The molecule has 1 aromatic carbocycles. The molecule has 0 amide bonds. The number of rotatable bonds is 5. The van der Waals surface area contributed by atoms with Crippen LogP contribution in [0.2, 0.25) is 0 Å². The van der Waals surface area contributed by atoms with Crippen LogP contribution in [-0.4, -0.2) is 46.5 Å². The monoisotopic (exact) mass is 279 g/mol. The maximum absolute atomic E-state index is 14.1. The summed E-state index contributed by atoms with van der Waals surface area (Å²) >= 11 is 0. The zero-order chi connectivity index (χ0) is 14.4. The Morgan fingerprint density at radius 2 is 2.10 bits per heavy atom. The van der Waals surface area contributed by atoms with Gasteiger partial charge in [0.1, 0.15) is 24.2 Å². The Labute approximate surface area is 117 Å². The maximum Gasteiger partial charge on any atom is 0.148 e. The van der Waals surface area contributed by atoms with Crippen LogP contribution in [0.3, 0.4) is 0 Å². The van der Waals surface area contributed by atoms with E-state index in [1.807, 2.05) is 11.0 Å². The van der Waals surface area contributed by atoms with Crippen molar-refractivity contribution in [3.8, 4) is 11.8 Å². The van der Waals surface area contributed by atoms with Gasteiger partial charge in [-0.25, -0.2) is 4.39 Å². The van der Waals surface area contributed by atoms with Gasteiger partial charge in [-0.3, -0.25) is 0 Å². The fourth-order valence-corrected chi connectivity index (χ4v) is 2.13. The van der Waals surface area contributed by atoms with Crippen molar-refractivity contribution in [2.24, 2.45) is 0 Å². The largest absolute Gasteiger partial charge is 0.490 e. The standard InChI is InChI=1S/C14H18FN3O2/c1-19-6-7-20-14-9-13(12(15)8-11(14)10-16)18-4-2-17-3-5-18/h8-9,17H,2-7H2,1H3. The van der Waals surface area contributed by atoms with Gasteiger partial charge in [0.25, 0.3) is 0 Å². The lowest BCUT2D eigenvalue weighted by molar-refractivity contribution is 0.146.